The minimum Gasteiger partial charge on any atom is -0.478 e. The van der Waals surface area contributed by atoms with Crippen LogP contribution in [0.15, 0.2) is 42.0 Å². The van der Waals surface area contributed by atoms with Crippen LogP contribution in [0, 0.1) is 5.92 Å². The highest BCUT2D eigenvalue weighted by atomic mass is 16.5. The maximum absolute atomic E-state index is 11.7. The predicted octanol–water partition coefficient (Wildman–Crippen LogP) is 7.69. The largest absolute Gasteiger partial charge is 0.478 e. The van der Waals surface area contributed by atoms with Crippen LogP contribution in [0.2, 0.25) is 0 Å². The van der Waals surface area contributed by atoms with Gasteiger partial charge in [0.1, 0.15) is 0 Å². The van der Waals surface area contributed by atoms with Gasteiger partial charge in [0.2, 0.25) is 0 Å². The van der Waals surface area contributed by atoms with E-state index in [9.17, 15) is 14.7 Å². The molecule has 0 amide bonds. The zero-order chi connectivity index (χ0) is 24.1. The number of carbonyl (C=O) groups excluding carboxylic acids is 1. The van der Waals surface area contributed by atoms with Gasteiger partial charge < -0.3 is 9.84 Å². The lowest BCUT2D eigenvalue weighted by atomic mass is 9.77. The van der Waals surface area contributed by atoms with Crippen molar-refractivity contribution in [1.82, 2.24) is 0 Å². The molecule has 1 aliphatic rings. The number of hydrogen-bond acceptors (Lipinski definition) is 3. The maximum Gasteiger partial charge on any atom is 0.333 e. The first kappa shape index (κ1) is 26.9. The van der Waals surface area contributed by atoms with Crippen LogP contribution in [0.1, 0.15) is 108 Å². The Bertz CT molecular complexity index is 782. The maximum atomic E-state index is 11.7. The fourth-order valence-corrected chi connectivity index (χ4v) is 4.66. The van der Waals surface area contributed by atoms with Crippen LogP contribution < -0.4 is 0 Å². The Kier molecular flexibility index (Phi) is 12.0. The molecule has 0 unspecified atom stereocenters. The summed E-state index contributed by atoms with van der Waals surface area (Å²) in [6.45, 7) is 7.79. The van der Waals surface area contributed by atoms with E-state index in [1.165, 1.54) is 56.9 Å². The van der Waals surface area contributed by atoms with E-state index >= 15 is 0 Å². The van der Waals surface area contributed by atoms with E-state index in [0.717, 1.165) is 30.7 Å². The fraction of sp³-hybridized carbons (Fsp3) is 0.586. The Balaban J connectivity index is 1.79. The van der Waals surface area contributed by atoms with E-state index in [1.54, 1.807) is 13.0 Å². The van der Waals surface area contributed by atoms with E-state index in [4.69, 9.17) is 4.74 Å². The molecule has 0 radical (unpaired) electrons. The molecule has 2 rings (SSSR count). The standard InChI is InChI=1S/C29H42O4/c1-4-5-7-10-23-12-16-25(17-13-23)26-18-14-24(15-19-26)21-27(28(30)31)11-8-6-9-20-33-29(32)22(2)3/h14-15,18-19,21,23,25H,2,4-13,16-17,20H2,1,3H3,(H,30,31)/t23-,25-. The van der Waals surface area contributed by atoms with Gasteiger partial charge in [-0.2, -0.15) is 0 Å². The van der Waals surface area contributed by atoms with Crippen LogP contribution in [0.25, 0.3) is 6.08 Å². The van der Waals surface area contributed by atoms with Gasteiger partial charge in [0, 0.05) is 11.1 Å². The van der Waals surface area contributed by atoms with E-state index in [1.807, 2.05) is 0 Å². The lowest BCUT2D eigenvalue weighted by Gasteiger charge is -2.29. The molecule has 0 spiro atoms. The summed E-state index contributed by atoms with van der Waals surface area (Å²) in [5.74, 6) is 0.313. The Morgan fingerprint density at radius 3 is 2.33 bits per heavy atom. The van der Waals surface area contributed by atoms with Crippen LogP contribution in [0.4, 0.5) is 0 Å². The number of rotatable bonds is 14. The van der Waals surface area contributed by atoms with E-state index in [-0.39, 0.29) is 5.97 Å². The monoisotopic (exact) mass is 454 g/mol. The van der Waals surface area contributed by atoms with E-state index in [2.05, 4.69) is 37.8 Å². The molecule has 0 aromatic heterocycles. The van der Waals surface area contributed by atoms with Crippen molar-refractivity contribution in [1.29, 1.82) is 0 Å². The molecular weight excluding hydrogens is 412 g/mol. The molecule has 1 aliphatic carbocycles. The third-order valence-corrected chi connectivity index (χ3v) is 6.76. The van der Waals surface area contributed by atoms with Gasteiger partial charge in [-0.15, -0.1) is 0 Å². The van der Waals surface area contributed by atoms with Crippen molar-refractivity contribution >= 4 is 18.0 Å². The number of esters is 1. The minimum absolute atomic E-state index is 0.347. The number of carbonyl (C=O) groups is 2. The van der Waals surface area contributed by atoms with Gasteiger partial charge in [-0.1, -0.05) is 63.5 Å². The molecule has 4 heteroatoms. The molecule has 0 saturated heterocycles. The number of aliphatic carboxylic acids is 1. The predicted molar refractivity (Wildman–Crippen MR) is 135 cm³/mol. The molecule has 1 fully saturated rings. The van der Waals surface area contributed by atoms with Crippen molar-refractivity contribution < 1.29 is 19.4 Å². The molecule has 0 heterocycles. The van der Waals surface area contributed by atoms with E-state index in [0.29, 0.717) is 30.1 Å². The molecule has 1 saturated carbocycles. The normalized spacial score (nSPS) is 18.7. The zero-order valence-electron chi connectivity index (χ0n) is 20.6. The summed E-state index contributed by atoms with van der Waals surface area (Å²) in [5.41, 5.74) is 3.15. The second kappa shape index (κ2) is 14.7. The van der Waals surface area contributed by atoms with Crippen molar-refractivity contribution in [2.45, 2.75) is 96.8 Å². The zero-order valence-corrected chi connectivity index (χ0v) is 20.6. The summed E-state index contributed by atoms with van der Waals surface area (Å²) >= 11 is 0. The summed E-state index contributed by atoms with van der Waals surface area (Å²) in [7, 11) is 0. The number of hydrogen-bond donors (Lipinski definition) is 1. The van der Waals surface area contributed by atoms with E-state index < -0.39 is 5.97 Å². The third-order valence-electron chi connectivity index (χ3n) is 6.76. The minimum atomic E-state index is -0.866. The highest BCUT2D eigenvalue weighted by molar-refractivity contribution is 5.92. The summed E-state index contributed by atoms with van der Waals surface area (Å²) in [6, 6.07) is 8.48. The smallest absolute Gasteiger partial charge is 0.333 e. The van der Waals surface area contributed by atoms with Crippen LogP contribution in [0.3, 0.4) is 0 Å². The third kappa shape index (κ3) is 9.98. The molecule has 0 atom stereocenters. The van der Waals surface area contributed by atoms with Gasteiger partial charge in [0.05, 0.1) is 6.61 Å². The number of carboxylic acids is 1. The second-order valence-corrected chi connectivity index (χ2v) is 9.58. The van der Waals surface area contributed by atoms with Gasteiger partial charge in [0.25, 0.3) is 0 Å². The van der Waals surface area contributed by atoms with Crippen LogP contribution >= 0.6 is 0 Å². The molecule has 0 bridgehead atoms. The number of benzene rings is 1. The first-order chi connectivity index (χ1) is 15.9. The van der Waals surface area contributed by atoms with Crippen molar-refractivity contribution in [2.24, 2.45) is 5.92 Å². The Morgan fingerprint density at radius 2 is 1.73 bits per heavy atom. The number of ether oxygens (including phenoxy) is 1. The molecule has 0 aliphatic heterocycles. The Morgan fingerprint density at radius 1 is 1.03 bits per heavy atom. The fourth-order valence-electron chi connectivity index (χ4n) is 4.66. The number of unbranched alkanes of at least 4 members (excludes halogenated alkanes) is 4. The molecular formula is C29H42O4. The quantitative estimate of drug-likeness (QED) is 0.178. The van der Waals surface area contributed by atoms with Gasteiger partial charge >= 0.3 is 11.9 Å². The van der Waals surface area contributed by atoms with Gasteiger partial charge in [-0.25, -0.2) is 9.59 Å². The Hall–Kier alpha value is -2.36. The van der Waals surface area contributed by atoms with Gasteiger partial charge in [-0.3, -0.25) is 0 Å². The van der Waals surface area contributed by atoms with Crippen molar-refractivity contribution in [3.63, 3.8) is 0 Å². The summed E-state index contributed by atoms with van der Waals surface area (Å²) in [4.78, 5) is 23.0. The summed E-state index contributed by atoms with van der Waals surface area (Å²) < 4.78 is 5.07. The first-order valence-corrected chi connectivity index (χ1v) is 12.8. The molecule has 4 nitrogen and oxygen atoms in total. The van der Waals surface area contributed by atoms with Crippen molar-refractivity contribution in [2.75, 3.05) is 6.61 Å². The average Bonchev–Trinajstić information content (AvgIpc) is 2.81. The van der Waals surface area contributed by atoms with Crippen LogP contribution in [-0.2, 0) is 14.3 Å². The lowest BCUT2D eigenvalue weighted by Crippen LogP contribution is -2.13. The first-order valence-electron chi connectivity index (χ1n) is 12.8. The van der Waals surface area contributed by atoms with Crippen molar-refractivity contribution in [3.05, 3.63) is 53.1 Å². The lowest BCUT2D eigenvalue weighted by molar-refractivity contribution is -0.139. The van der Waals surface area contributed by atoms with Gasteiger partial charge in [-0.05, 0) is 87.3 Å². The highest BCUT2D eigenvalue weighted by Gasteiger charge is 2.22. The molecule has 1 N–H and O–H groups in total. The average molecular weight is 455 g/mol. The molecule has 33 heavy (non-hydrogen) atoms. The highest BCUT2D eigenvalue weighted by Crippen LogP contribution is 2.37. The molecule has 1 aromatic rings. The topological polar surface area (TPSA) is 63.6 Å². The number of carboxylic acid groups (broad SMARTS) is 1. The van der Waals surface area contributed by atoms with Crippen LogP contribution in [-0.4, -0.2) is 23.7 Å². The Labute approximate surface area is 200 Å². The molecule has 182 valence electrons. The summed E-state index contributed by atoms with van der Waals surface area (Å²) in [5, 5.41) is 9.58. The SMILES string of the molecule is C=C(C)C(=O)OCCCCCC(=Cc1ccc([C@H]2CC[C@H](CCCCC)CC2)cc1)C(=O)O. The summed E-state index contributed by atoms with van der Waals surface area (Å²) in [6.07, 6.45) is 15.2. The second-order valence-electron chi connectivity index (χ2n) is 9.58. The molecule has 1 aromatic carbocycles. The van der Waals surface area contributed by atoms with Crippen molar-refractivity contribution in [3.8, 4) is 0 Å². The van der Waals surface area contributed by atoms with Gasteiger partial charge in [0.15, 0.2) is 0 Å². The van der Waals surface area contributed by atoms with Crippen LogP contribution in [0.5, 0.6) is 0 Å².